The number of rotatable bonds is 9. The van der Waals surface area contributed by atoms with Crippen LogP contribution in [0.4, 0.5) is 22.0 Å². The summed E-state index contributed by atoms with van der Waals surface area (Å²) in [6.45, 7) is 1.57. The van der Waals surface area contributed by atoms with E-state index in [1.807, 2.05) is 0 Å². The van der Waals surface area contributed by atoms with Crippen LogP contribution in [0.25, 0.3) is 5.65 Å². The van der Waals surface area contributed by atoms with Gasteiger partial charge in [-0.15, -0.1) is 0 Å². The number of halogens is 5. The van der Waals surface area contributed by atoms with Gasteiger partial charge in [0.15, 0.2) is 5.65 Å². The van der Waals surface area contributed by atoms with E-state index in [9.17, 15) is 31.5 Å². The molecule has 0 unspecified atom stereocenters. The van der Waals surface area contributed by atoms with E-state index in [0.717, 1.165) is 12.8 Å². The fourth-order valence-electron chi connectivity index (χ4n) is 5.38. The van der Waals surface area contributed by atoms with Crippen molar-refractivity contribution in [2.75, 3.05) is 0 Å². The van der Waals surface area contributed by atoms with E-state index in [4.69, 9.17) is 15.1 Å². The van der Waals surface area contributed by atoms with Crippen LogP contribution in [-0.4, -0.2) is 43.5 Å². The number of hydrogen-bond donors (Lipinski definition) is 2. The summed E-state index contributed by atoms with van der Waals surface area (Å²) in [4.78, 5) is 33.1. The van der Waals surface area contributed by atoms with E-state index in [1.165, 1.54) is 10.7 Å². The Labute approximate surface area is 225 Å². The maximum absolute atomic E-state index is 14.0. The highest BCUT2D eigenvalue weighted by atomic mass is 19.4. The van der Waals surface area contributed by atoms with Crippen molar-refractivity contribution in [3.63, 3.8) is 0 Å². The van der Waals surface area contributed by atoms with Gasteiger partial charge in [-0.1, -0.05) is 0 Å². The first kappa shape index (κ1) is 28.0. The molecule has 0 aromatic carbocycles. The summed E-state index contributed by atoms with van der Waals surface area (Å²) in [5.41, 5.74) is 7.14. The molecule has 2 aliphatic rings. The number of hydrogen-bond acceptors (Lipinski definition) is 6. The van der Waals surface area contributed by atoms with Gasteiger partial charge in [0.05, 0.1) is 42.2 Å². The topological polar surface area (TPSA) is 128 Å². The van der Waals surface area contributed by atoms with Gasteiger partial charge in [-0.25, -0.2) is 23.3 Å². The minimum Gasteiger partial charge on any atom is -0.435 e. The third-order valence-corrected chi connectivity index (χ3v) is 7.62. The fraction of sp³-hybridized carbons (Fsp3) is 0.577. The van der Waals surface area contributed by atoms with Gasteiger partial charge >= 0.3 is 6.18 Å². The summed E-state index contributed by atoms with van der Waals surface area (Å²) in [6, 6.07) is 1.19. The van der Waals surface area contributed by atoms with Crippen LogP contribution >= 0.6 is 0 Å². The summed E-state index contributed by atoms with van der Waals surface area (Å²) in [5, 5.41) is 7.11. The molecule has 3 aromatic rings. The van der Waals surface area contributed by atoms with Crippen LogP contribution in [0.2, 0.25) is 0 Å². The van der Waals surface area contributed by atoms with E-state index in [1.54, 1.807) is 19.2 Å². The van der Waals surface area contributed by atoms with Crippen molar-refractivity contribution in [2.45, 2.75) is 82.3 Å². The van der Waals surface area contributed by atoms with Gasteiger partial charge in [0.25, 0.3) is 5.91 Å². The van der Waals surface area contributed by atoms with E-state index < -0.39 is 48.7 Å². The molecule has 14 heteroatoms. The highest BCUT2D eigenvalue weighted by Crippen LogP contribution is 2.45. The lowest BCUT2D eigenvalue weighted by Crippen LogP contribution is -2.30. The average molecular weight is 569 g/mol. The Balaban J connectivity index is 1.45. The van der Waals surface area contributed by atoms with Crippen molar-refractivity contribution in [1.29, 1.82) is 0 Å². The van der Waals surface area contributed by atoms with Crippen LogP contribution in [-0.2, 0) is 4.79 Å². The second kappa shape index (κ2) is 10.4. The van der Waals surface area contributed by atoms with E-state index >= 15 is 0 Å². The number of alkyl halides is 5. The minimum absolute atomic E-state index is 0.0766. The number of fused-ring (bicyclic) bond motifs is 1. The minimum atomic E-state index is -4.43. The SMILES string of the molecule is Cc1nc([C@H](c2cn3ncc([C@H](NC(=O)CCC(F)(F)F)C4CC4)cc3n2)C2CCC(F)(F)CC2)oc1C(N)=O. The summed E-state index contributed by atoms with van der Waals surface area (Å²) in [5.74, 6) is -5.08. The molecule has 0 radical (unpaired) electrons. The molecule has 3 aromatic heterocycles. The van der Waals surface area contributed by atoms with Crippen LogP contribution < -0.4 is 11.1 Å². The van der Waals surface area contributed by atoms with Crippen LogP contribution in [0.1, 0.15) is 96.7 Å². The summed E-state index contributed by atoms with van der Waals surface area (Å²) in [7, 11) is 0. The van der Waals surface area contributed by atoms with Crippen LogP contribution in [0.5, 0.6) is 0 Å². The molecule has 2 aliphatic carbocycles. The third-order valence-electron chi connectivity index (χ3n) is 7.62. The number of oxazole rings is 1. The molecule has 2 fully saturated rings. The second-order valence-corrected chi connectivity index (χ2v) is 10.8. The van der Waals surface area contributed by atoms with Crippen LogP contribution in [0, 0.1) is 18.8 Å². The number of nitrogens with two attached hydrogens (primary N) is 1. The zero-order valence-electron chi connectivity index (χ0n) is 21.7. The number of aryl methyl sites for hydroxylation is 1. The largest absolute Gasteiger partial charge is 0.435 e. The van der Waals surface area contributed by atoms with Crippen molar-refractivity contribution < 1.29 is 36.0 Å². The quantitative estimate of drug-likeness (QED) is 0.350. The second-order valence-electron chi connectivity index (χ2n) is 10.8. The molecule has 2 amide bonds. The highest BCUT2D eigenvalue weighted by Gasteiger charge is 2.41. The van der Waals surface area contributed by atoms with Crippen molar-refractivity contribution >= 4 is 17.5 Å². The predicted octanol–water partition coefficient (Wildman–Crippen LogP) is 4.99. The van der Waals surface area contributed by atoms with Crippen molar-refractivity contribution in [3.8, 4) is 0 Å². The van der Waals surface area contributed by atoms with E-state index in [2.05, 4.69) is 15.4 Å². The Kier molecular flexibility index (Phi) is 7.29. The van der Waals surface area contributed by atoms with Gasteiger partial charge in [-0.3, -0.25) is 9.59 Å². The van der Waals surface area contributed by atoms with E-state index in [-0.39, 0.29) is 54.9 Å². The number of carbonyl (C=O) groups excluding carboxylic acids is 2. The van der Waals surface area contributed by atoms with Crippen molar-refractivity contribution in [3.05, 3.63) is 47.1 Å². The number of amides is 2. The molecular weight excluding hydrogens is 539 g/mol. The first-order valence-electron chi connectivity index (χ1n) is 13.2. The van der Waals surface area contributed by atoms with Gasteiger partial charge in [0, 0.05) is 19.3 Å². The Hall–Kier alpha value is -3.58. The molecule has 2 saturated carbocycles. The van der Waals surface area contributed by atoms with Gasteiger partial charge in [-0.05, 0) is 56.1 Å². The summed E-state index contributed by atoms with van der Waals surface area (Å²) < 4.78 is 72.8. The lowest BCUT2D eigenvalue weighted by Gasteiger charge is -2.31. The molecule has 0 aliphatic heterocycles. The summed E-state index contributed by atoms with van der Waals surface area (Å²) >= 11 is 0. The molecule has 0 saturated heterocycles. The van der Waals surface area contributed by atoms with Gasteiger partial charge in [-0.2, -0.15) is 18.3 Å². The summed E-state index contributed by atoms with van der Waals surface area (Å²) in [6.07, 6.45) is -1.74. The Morgan fingerprint density at radius 3 is 2.48 bits per heavy atom. The molecule has 9 nitrogen and oxygen atoms in total. The molecule has 216 valence electrons. The number of aromatic nitrogens is 4. The molecule has 3 N–H and O–H groups in total. The number of carbonyl (C=O) groups is 2. The molecule has 5 rings (SSSR count). The molecule has 40 heavy (non-hydrogen) atoms. The maximum atomic E-state index is 14.0. The number of primary amides is 1. The lowest BCUT2D eigenvalue weighted by molar-refractivity contribution is -0.144. The predicted molar refractivity (Wildman–Crippen MR) is 130 cm³/mol. The number of imidazole rings is 1. The van der Waals surface area contributed by atoms with Crippen molar-refractivity contribution in [1.82, 2.24) is 24.9 Å². The molecular formula is C26H29F5N6O3. The Bertz CT molecular complexity index is 1400. The Morgan fingerprint density at radius 1 is 1.18 bits per heavy atom. The molecule has 0 spiro atoms. The van der Waals surface area contributed by atoms with Crippen LogP contribution in [0.3, 0.4) is 0 Å². The standard InChI is InChI=1S/C26H29F5N6O3/c1-13-22(23(32)39)40-24(34-13)20(14-4-7-25(27,28)8-5-14)17-12-37-18(35-17)10-16(11-33-37)21(15-2-3-15)36-19(38)6-9-26(29,30)31/h10-12,14-15,20-21H,2-9H2,1H3,(H2,32,39)(H,36,38)/t20-,21+/m0/s1. The first-order chi connectivity index (χ1) is 18.8. The highest BCUT2D eigenvalue weighted by molar-refractivity contribution is 5.90. The smallest absolute Gasteiger partial charge is 0.389 e. The van der Waals surface area contributed by atoms with Crippen LogP contribution in [0.15, 0.2) is 22.9 Å². The lowest BCUT2D eigenvalue weighted by atomic mass is 9.77. The fourth-order valence-corrected chi connectivity index (χ4v) is 5.38. The third kappa shape index (κ3) is 6.25. The molecule has 0 bridgehead atoms. The normalized spacial score (nSPS) is 19.4. The molecule has 3 heterocycles. The average Bonchev–Trinajstić information content (AvgIpc) is 3.51. The Morgan fingerprint density at radius 2 is 1.88 bits per heavy atom. The molecule has 2 atom stereocenters. The maximum Gasteiger partial charge on any atom is 0.389 e. The van der Waals surface area contributed by atoms with E-state index in [0.29, 0.717) is 16.9 Å². The zero-order valence-corrected chi connectivity index (χ0v) is 21.7. The number of nitrogens with one attached hydrogen (secondary N) is 1. The van der Waals surface area contributed by atoms with Crippen molar-refractivity contribution in [2.24, 2.45) is 17.6 Å². The zero-order chi connectivity index (χ0) is 28.8. The van der Waals surface area contributed by atoms with Gasteiger partial charge in [0.2, 0.25) is 23.5 Å². The first-order valence-corrected chi connectivity index (χ1v) is 13.2. The monoisotopic (exact) mass is 568 g/mol. The number of nitrogens with zero attached hydrogens (tertiary/aromatic N) is 4. The van der Waals surface area contributed by atoms with Gasteiger partial charge < -0.3 is 15.5 Å². The van der Waals surface area contributed by atoms with Gasteiger partial charge in [0.1, 0.15) is 0 Å².